The highest BCUT2D eigenvalue weighted by molar-refractivity contribution is 6.31. The van der Waals surface area contributed by atoms with Gasteiger partial charge in [0.15, 0.2) is 0 Å². The Kier molecular flexibility index (Phi) is 7.77. The van der Waals surface area contributed by atoms with Crippen molar-refractivity contribution in [3.05, 3.63) is 34.9 Å². The maximum atomic E-state index is 12.6. The zero-order valence-corrected chi connectivity index (χ0v) is 19.2. The molecule has 6 nitrogen and oxygen atoms in total. The van der Waals surface area contributed by atoms with Crippen LogP contribution in [0.4, 0.5) is 0 Å². The number of benzene rings is 1. The molecule has 1 aromatic rings. The standard InChI is InChI=1S/C23H35ClN4O2/c1-23(2,3)22(30)28-14-12-26(13-15-28)17-21(29)25-16-20(27-10-6-7-11-27)18-8-4-5-9-19(18)24/h4-5,8-9,20H,6-7,10-17H2,1-3H3,(H,25,29). The third-order valence-corrected chi connectivity index (χ3v) is 6.35. The monoisotopic (exact) mass is 434 g/mol. The first-order valence-electron chi connectivity index (χ1n) is 11.0. The van der Waals surface area contributed by atoms with E-state index in [2.05, 4.69) is 21.2 Å². The van der Waals surface area contributed by atoms with E-state index in [1.165, 1.54) is 12.8 Å². The average Bonchev–Trinajstić information content (AvgIpc) is 3.23. The van der Waals surface area contributed by atoms with Gasteiger partial charge in [0.25, 0.3) is 0 Å². The van der Waals surface area contributed by atoms with Crippen molar-refractivity contribution in [1.82, 2.24) is 20.0 Å². The van der Waals surface area contributed by atoms with Gasteiger partial charge in [-0.1, -0.05) is 50.6 Å². The van der Waals surface area contributed by atoms with E-state index in [-0.39, 0.29) is 23.3 Å². The van der Waals surface area contributed by atoms with Gasteiger partial charge in [0.05, 0.1) is 12.6 Å². The molecule has 2 amide bonds. The van der Waals surface area contributed by atoms with Crippen molar-refractivity contribution in [3.63, 3.8) is 0 Å². The van der Waals surface area contributed by atoms with Gasteiger partial charge in [-0.2, -0.15) is 0 Å². The van der Waals surface area contributed by atoms with Crippen LogP contribution >= 0.6 is 11.6 Å². The van der Waals surface area contributed by atoms with Crippen molar-refractivity contribution in [1.29, 1.82) is 0 Å². The van der Waals surface area contributed by atoms with E-state index in [4.69, 9.17) is 11.6 Å². The fourth-order valence-electron chi connectivity index (χ4n) is 4.29. The molecule has 1 unspecified atom stereocenters. The van der Waals surface area contributed by atoms with Crippen LogP contribution in [0.5, 0.6) is 0 Å². The van der Waals surface area contributed by atoms with E-state index in [1.54, 1.807) is 0 Å². The molecule has 0 saturated carbocycles. The van der Waals surface area contributed by atoms with E-state index in [1.807, 2.05) is 43.9 Å². The second-order valence-corrected chi connectivity index (χ2v) is 9.81. The minimum absolute atomic E-state index is 0.0295. The van der Waals surface area contributed by atoms with Gasteiger partial charge in [-0.05, 0) is 37.6 Å². The minimum Gasteiger partial charge on any atom is -0.353 e. The van der Waals surface area contributed by atoms with Crippen LogP contribution in [0.3, 0.4) is 0 Å². The maximum Gasteiger partial charge on any atom is 0.234 e. The Hall–Kier alpha value is -1.63. The molecule has 0 aliphatic carbocycles. The lowest BCUT2D eigenvalue weighted by Crippen LogP contribution is -2.53. The smallest absolute Gasteiger partial charge is 0.234 e. The fourth-order valence-corrected chi connectivity index (χ4v) is 4.55. The third kappa shape index (κ3) is 5.96. The first-order valence-corrected chi connectivity index (χ1v) is 11.4. The number of nitrogens with zero attached hydrogens (tertiary/aromatic N) is 3. The maximum absolute atomic E-state index is 12.6. The number of piperazine rings is 1. The van der Waals surface area contributed by atoms with Crippen molar-refractivity contribution < 1.29 is 9.59 Å². The molecule has 1 aromatic carbocycles. The number of hydrogen-bond acceptors (Lipinski definition) is 4. The van der Waals surface area contributed by atoms with Crippen molar-refractivity contribution in [3.8, 4) is 0 Å². The van der Waals surface area contributed by atoms with Crippen molar-refractivity contribution in [2.24, 2.45) is 5.41 Å². The van der Waals surface area contributed by atoms with Gasteiger partial charge in [0, 0.05) is 43.2 Å². The number of likely N-dealkylation sites (tertiary alicyclic amines) is 1. The summed E-state index contributed by atoms with van der Waals surface area (Å²) in [6.45, 7) is 11.7. The molecule has 3 rings (SSSR count). The summed E-state index contributed by atoms with van der Waals surface area (Å²) in [6, 6.07) is 8.02. The number of carbonyl (C=O) groups is 2. The highest BCUT2D eigenvalue weighted by Gasteiger charge is 2.30. The van der Waals surface area contributed by atoms with Gasteiger partial charge >= 0.3 is 0 Å². The number of carbonyl (C=O) groups excluding carboxylic acids is 2. The Bertz CT molecular complexity index is 735. The van der Waals surface area contributed by atoms with E-state index >= 15 is 0 Å². The molecule has 1 N–H and O–H groups in total. The summed E-state index contributed by atoms with van der Waals surface area (Å²) in [4.78, 5) is 31.5. The molecule has 0 bridgehead atoms. The van der Waals surface area contributed by atoms with Gasteiger partial charge in [-0.25, -0.2) is 0 Å². The van der Waals surface area contributed by atoms with Crippen LogP contribution in [0.25, 0.3) is 0 Å². The lowest BCUT2D eigenvalue weighted by atomic mass is 9.94. The Morgan fingerprint density at radius 2 is 1.67 bits per heavy atom. The molecule has 1 atom stereocenters. The average molecular weight is 435 g/mol. The fraction of sp³-hybridized carbons (Fsp3) is 0.652. The summed E-state index contributed by atoms with van der Waals surface area (Å²) in [5.41, 5.74) is 0.721. The number of nitrogens with one attached hydrogen (secondary N) is 1. The predicted octanol–water partition coefficient (Wildman–Crippen LogP) is 2.78. The van der Waals surface area contributed by atoms with Crippen molar-refractivity contribution in [2.45, 2.75) is 39.7 Å². The van der Waals surface area contributed by atoms with Crippen LogP contribution in [-0.2, 0) is 9.59 Å². The van der Waals surface area contributed by atoms with Crippen LogP contribution < -0.4 is 5.32 Å². The van der Waals surface area contributed by atoms with Gasteiger partial charge in [-0.3, -0.25) is 19.4 Å². The molecule has 2 fully saturated rings. The summed E-state index contributed by atoms with van der Waals surface area (Å²) in [7, 11) is 0. The molecule has 166 valence electrons. The molecule has 0 spiro atoms. The SMILES string of the molecule is CC(C)(C)C(=O)N1CCN(CC(=O)NCC(c2ccccc2Cl)N2CCCC2)CC1. The normalized spacial score (nSPS) is 19.7. The Morgan fingerprint density at radius 3 is 2.27 bits per heavy atom. The molecule has 30 heavy (non-hydrogen) atoms. The van der Waals surface area contributed by atoms with Gasteiger partial charge < -0.3 is 10.2 Å². The van der Waals surface area contributed by atoms with Crippen LogP contribution in [0.1, 0.15) is 45.2 Å². The number of amides is 2. The molecule has 2 saturated heterocycles. The molecule has 0 radical (unpaired) electrons. The highest BCUT2D eigenvalue weighted by atomic mass is 35.5. The quantitative estimate of drug-likeness (QED) is 0.748. The molecule has 0 aromatic heterocycles. The first kappa shape index (κ1) is 23.0. The van der Waals surface area contributed by atoms with E-state index in [0.717, 1.165) is 36.8 Å². The largest absolute Gasteiger partial charge is 0.353 e. The van der Waals surface area contributed by atoms with E-state index < -0.39 is 0 Å². The van der Waals surface area contributed by atoms with Crippen molar-refractivity contribution >= 4 is 23.4 Å². The summed E-state index contributed by atoms with van der Waals surface area (Å²) in [5, 5.41) is 3.88. The zero-order chi connectivity index (χ0) is 21.7. The number of hydrogen-bond donors (Lipinski definition) is 1. The Labute approximate surface area is 185 Å². The topological polar surface area (TPSA) is 55.9 Å². The van der Waals surface area contributed by atoms with Crippen molar-refractivity contribution in [2.75, 3.05) is 52.4 Å². The van der Waals surface area contributed by atoms with Gasteiger partial charge in [0.2, 0.25) is 11.8 Å². The molecule has 7 heteroatoms. The highest BCUT2D eigenvalue weighted by Crippen LogP contribution is 2.29. The lowest BCUT2D eigenvalue weighted by molar-refractivity contribution is -0.141. The second kappa shape index (κ2) is 10.1. The summed E-state index contributed by atoms with van der Waals surface area (Å²) >= 11 is 6.46. The molecule has 2 aliphatic heterocycles. The second-order valence-electron chi connectivity index (χ2n) is 9.40. The molecular weight excluding hydrogens is 400 g/mol. The molecule has 2 heterocycles. The lowest BCUT2D eigenvalue weighted by Gasteiger charge is -2.37. The van der Waals surface area contributed by atoms with Crippen LogP contribution in [0, 0.1) is 5.41 Å². The minimum atomic E-state index is -0.358. The Balaban J connectivity index is 1.51. The number of rotatable bonds is 6. The summed E-state index contributed by atoms with van der Waals surface area (Å²) in [6.07, 6.45) is 2.37. The first-order chi connectivity index (χ1) is 14.3. The van der Waals surface area contributed by atoms with Crippen LogP contribution in [0.2, 0.25) is 5.02 Å². The van der Waals surface area contributed by atoms with E-state index in [9.17, 15) is 9.59 Å². The third-order valence-electron chi connectivity index (χ3n) is 6.01. The Morgan fingerprint density at radius 1 is 1.03 bits per heavy atom. The van der Waals surface area contributed by atoms with Crippen LogP contribution in [0.15, 0.2) is 24.3 Å². The molecular formula is C23H35ClN4O2. The summed E-state index contributed by atoms with van der Waals surface area (Å²) in [5.74, 6) is 0.210. The predicted molar refractivity (Wildman–Crippen MR) is 120 cm³/mol. The molecule has 2 aliphatic rings. The number of halogens is 1. The van der Waals surface area contributed by atoms with Gasteiger partial charge in [0.1, 0.15) is 0 Å². The zero-order valence-electron chi connectivity index (χ0n) is 18.5. The van der Waals surface area contributed by atoms with Gasteiger partial charge in [-0.15, -0.1) is 0 Å². The van der Waals surface area contributed by atoms with Crippen LogP contribution in [-0.4, -0.2) is 78.9 Å². The summed E-state index contributed by atoms with van der Waals surface area (Å²) < 4.78 is 0. The van der Waals surface area contributed by atoms with E-state index in [0.29, 0.717) is 26.2 Å².